The van der Waals surface area contributed by atoms with Gasteiger partial charge in [0.25, 0.3) is 11.8 Å². The number of urea groups is 1. The largest absolute Gasteiger partial charge is 0.337 e. The average Bonchev–Trinajstić information content (AvgIpc) is 3.02. The topological polar surface area (TPSA) is 125 Å². The van der Waals surface area contributed by atoms with Gasteiger partial charge in [0.1, 0.15) is 11.2 Å². The van der Waals surface area contributed by atoms with Crippen LogP contribution in [-0.4, -0.2) is 34.2 Å². The molecule has 1 aliphatic heterocycles. The lowest BCUT2D eigenvalue weighted by molar-refractivity contribution is -0.124. The van der Waals surface area contributed by atoms with Gasteiger partial charge in [-0.15, -0.1) is 0 Å². The average molecular weight is 429 g/mol. The highest BCUT2D eigenvalue weighted by molar-refractivity contribution is 6.30. The molecule has 156 valence electrons. The molecule has 1 aromatic carbocycles. The van der Waals surface area contributed by atoms with Crippen molar-refractivity contribution in [3.63, 3.8) is 0 Å². The van der Waals surface area contributed by atoms with Gasteiger partial charge in [-0.05, 0) is 43.2 Å². The smallest absolute Gasteiger partial charge is 0.307 e. The van der Waals surface area contributed by atoms with Crippen LogP contribution < -0.4 is 21.5 Å². The van der Waals surface area contributed by atoms with Crippen molar-refractivity contribution >= 4 is 41.0 Å². The number of aliphatic imine (C=N–C) groups is 1. The monoisotopic (exact) mass is 428 g/mol. The molecule has 0 bridgehead atoms. The van der Waals surface area contributed by atoms with Gasteiger partial charge in [0.2, 0.25) is 0 Å². The fourth-order valence-corrected chi connectivity index (χ4v) is 2.93. The summed E-state index contributed by atoms with van der Waals surface area (Å²) in [5.41, 5.74) is 4.45. The third-order valence-electron chi connectivity index (χ3n) is 4.81. The van der Waals surface area contributed by atoms with E-state index in [1.807, 2.05) is 13.8 Å². The van der Waals surface area contributed by atoms with E-state index in [9.17, 15) is 14.4 Å². The number of pyridine rings is 1. The van der Waals surface area contributed by atoms with E-state index in [4.69, 9.17) is 11.6 Å². The Hall–Kier alpha value is -3.46. The number of benzene rings is 1. The zero-order chi connectivity index (χ0) is 21.9. The van der Waals surface area contributed by atoms with Crippen molar-refractivity contribution in [2.75, 3.05) is 5.32 Å². The van der Waals surface area contributed by atoms with E-state index < -0.39 is 17.5 Å². The highest BCUT2D eigenvalue weighted by atomic mass is 35.5. The van der Waals surface area contributed by atoms with Gasteiger partial charge in [0.15, 0.2) is 5.84 Å². The first-order valence-corrected chi connectivity index (χ1v) is 9.58. The molecule has 0 radical (unpaired) electrons. The molecule has 1 aliphatic rings. The second-order valence-corrected chi connectivity index (χ2v) is 7.60. The van der Waals surface area contributed by atoms with E-state index in [1.165, 1.54) is 12.3 Å². The maximum absolute atomic E-state index is 12.6. The Balaban J connectivity index is 1.72. The van der Waals surface area contributed by atoms with Crippen molar-refractivity contribution in [2.24, 2.45) is 10.9 Å². The van der Waals surface area contributed by atoms with Crippen LogP contribution in [0.5, 0.6) is 0 Å². The molecule has 0 aliphatic carbocycles. The van der Waals surface area contributed by atoms with Crippen molar-refractivity contribution in [3.8, 4) is 0 Å². The van der Waals surface area contributed by atoms with Crippen LogP contribution in [0.3, 0.4) is 0 Å². The summed E-state index contributed by atoms with van der Waals surface area (Å²) in [4.78, 5) is 45.7. The molecule has 3 rings (SSSR count). The van der Waals surface area contributed by atoms with Crippen LogP contribution in [0, 0.1) is 5.92 Å². The lowest BCUT2D eigenvalue weighted by Crippen LogP contribution is -2.44. The predicted octanol–water partition coefficient (Wildman–Crippen LogP) is 2.49. The molecule has 4 N–H and O–H groups in total. The minimum atomic E-state index is -0.949. The number of halogens is 1. The van der Waals surface area contributed by atoms with E-state index >= 15 is 0 Å². The number of rotatable bonds is 4. The van der Waals surface area contributed by atoms with Gasteiger partial charge < -0.3 is 10.6 Å². The molecule has 30 heavy (non-hydrogen) atoms. The third-order valence-corrected chi connectivity index (χ3v) is 5.04. The number of carbonyl (C=O) groups is 3. The van der Waals surface area contributed by atoms with Crippen LogP contribution in [0.1, 0.15) is 36.8 Å². The van der Waals surface area contributed by atoms with Crippen LogP contribution in [0.15, 0.2) is 47.6 Å². The lowest BCUT2D eigenvalue weighted by Gasteiger charge is -2.21. The summed E-state index contributed by atoms with van der Waals surface area (Å²) in [6.45, 7) is 5.51. The number of hydrogen-bond donors (Lipinski definition) is 4. The summed E-state index contributed by atoms with van der Waals surface area (Å²) < 4.78 is 0. The van der Waals surface area contributed by atoms with E-state index in [2.05, 4.69) is 31.5 Å². The molecule has 0 fully saturated rings. The second kappa shape index (κ2) is 8.50. The summed E-state index contributed by atoms with van der Waals surface area (Å²) in [5, 5.41) is 5.70. The molecular formula is C20H21ClN6O3. The SMILES string of the molecule is CC(C)C1(C)N=C(c2ncccc2C(=O)NNC(=O)Nc2cccc(Cl)c2)NC1=O. The minimum absolute atomic E-state index is 0.0483. The summed E-state index contributed by atoms with van der Waals surface area (Å²) in [7, 11) is 0. The van der Waals surface area contributed by atoms with Gasteiger partial charge in [-0.2, -0.15) is 0 Å². The fourth-order valence-electron chi connectivity index (χ4n) is 2.74. The molecule has 4 amide bonds. The van der Waals surface area contributed by atoms with Crippen molar-refractivity contribution < 1.29 is 14.4 Å². The van der Waals surface area contributed by atoms with Crippen molar-refractivity contribution in [3.05, 3.63) is 58.9 Å². The molecule has 2 heterocycles. The number of amidine groups is 1. The van der Waals surface area contributed by atoms with Crippen LogP contribution in [0.4, 0.5) is 10.5 Å². The first-order chi connectivity index (χ1) is 14.2. The quantitative estimate of drug-likeness (QED) is 0.558. The van der Waals surface area contributed by atoms with E-state index in [0.717, 1.165) is 0 Å². The van der Waals surface area contributed by atoms with Gasteiger partial charge in [-0.3, -0.25) is 20.0 Å². The summed E-state index contributed by atoms with van der Waals surface area (Å²) >= 11 is 5.88. The first-order valence-electron chi connectivity index (χ1n) is 9.20. The number of hydrogen-bond acceptors (Lipinski definition) is 5. The second-order valence-electron chi connectivity index (χ2n) is 7.16. The molecule has 9 nitrogen and oxygen atoms in total. The molecule has 1 aromatic heterocycles. The van der Waals surface area contributed by atoms with E-state index in [1.54, 1.807) is 37.3 Å². The van der Waals surface area contributed by atoms with Gasteiger partial charge in [0, 0.05) is 16.9 Å². The maximum Gasteiger partial charge on any atom is 0.337 e. The van der Waals surface area contributed by atoms with Gasteiger partial charge in [0.05, 0.1) is 5.56 Å². The predicted molar refractivity (Wildman–Crippen MR) is 113 cm³/mol. The molecule has 0 spiro atoms. The number of nitrogens with zero attached hydrogens (tertiary/aromatic N) is 2. The Labute approximate surface area is 178 Å². The highest BCUT2D eigenvalue weighted by Crippen LogP contribution is 2.27. The number of nitrogens with one attached hydrogen (secondary N) is 4. The van der Waals surface area contributed by atoms with Crippen LogP contribution >= 0.6 is 11.6 Å². The molecular weight excluding hydrogens is 408 g/mol. The summed E-state index contributed by atoms with van der Waals surface area (Å²) in [6.07, 6.45) is 1.49. The van der Waals surface area contributed by atoms with Crippen LogP contribution in [0.2, 0.25) is 5.02 Å². The fraction of sp³-hybridized carbons (Fsp3) is 0.250. The van der Waals surface area contributed by atoms with Crippen LogP contribution in [-0.2, 0) is 4.79 Å². The Morgan fingerprint density at radius 3 is 2.60 bits per heavy atom. The van der Waals surface area contributed by atoms with Crippen molar-refractivity contribution in [1.29, 1.82) is 0 Å². The summed E-state index contributed by atoms with van der Waals surface area (Å²) in [6, 6.07) is 9.01. The van der Waals surface area contributed by atoms with Gasteiger partial charge in [-0.25, -0.2) is 15.2 Å². The van der Waals surface area contributed by atoms with Gasteiger partial charge >= 0.3 is 6.03 Å². The Bertz CT molecular complexity index is 1040. The standard InChI is InChI=1S/C20H21ClN6O3/c1-11(2)20(3)18(29)24-16(25-20)15-14(8-5-9-22-15)17(28)26-27-19(30)23-13-7-4-6-12(21)10-13/h4-11H,1-3H3,(H,26,28)(H2,23,27,30)(H,24,25,29). The molecule has 0 saturated carbocycles. The minimum Gasteiger partial charge on any atom is -0.307 e. The number of hydrazine groups is 1. The summed E-state index contributed by atoms with van der Waals surface area (Å²) in [5.74, 6) is -0.712. The Morgan fingerprint density at radius 2 is 1.93 bits per heavy atom. The third kappa shape index (κ3) is 4.41. The van der Waals surface area contributed by atoms with Gasteiger partial charge in [-0.1, -0.05) is 31.5 Å². The highest BCUT2D eigenvalue weighted by Gasteiger charge is 2.42. The number of anilines is 1. The number of aromatic nitrogens is 1. The maximum atomic E-state index is 12.6. The van der Waals surface area contributed by atoms with Crippen molar-refractivity contribution in [1.82, 2.24) is 21.2 Å². The normalized spacial score (nSPS) is 17.9. The molecule has 1 atom stereocenters. The zero-order valence-corrected chi connectivity index (χ0v) is 17.4. The molecule has 0 saturated heterocycles. The molecule has 10 heteroatoms. The molecule has 2 aromatic rings. The first kappa shape index (κ1) is 21.3. The lowest BCUT2D eigenvalue weighted by atomic mass is 9.89. The van der Waals surface area contributed by atoms with E-state index in [0.29, 0.717) is 10.7 Å². The number of amides is 4. The van der Waals surface area contributed by atoms with Crippen LogP contribution in [0.25, 0.3) is 0 Å². The number of carbonyl (C=O) groups excluding carboxylic acids is 3. The molecule has 1 unspecified atom stereocenters. The zero-order valence-electron chi connectivity index (χ0n) is 16.6. The van der Waals surface area contributed by atoms with Crippen molar-refractivity contribution in [2.45, 2.75) is 26.3 Å². The van der Waals surface area contributed by atoms with E-state index in [-0.39, 0.29) is 28.9 Å². The Morgan fingerprint density at radius 1 is 1.17 bits per heavy atom. The Kier molecular flexibility index (Phi) is 6.02.